The Kier molecular flexibility index (Phi) is 3.23. The Morgan fingerprint density at radius 1 is 1.54 bits per heavy atom. The number of nitrogens with zero attached hydrogens (tertiary/aromatic N) is 2. The van der Waals surface area contributed by atoms with Crippen LogP contribution in [0.3, 0.4) is 0 Å². The van der Waals surface area contributed by atoms with Gasteiger partial charge in [-0.1, -0.05) is 0 Å². The van der Waals surface area contributed by atoms with Gasteiger partial charge >= 0.3 is 0 Å². The van der Waals surface area contributed by atoms with Crippen LogP contribution in [0.15, 0.2) is 4.99 Å². The first-order valence-corrected chi connectivity index (χ1v) is 4.86. The van der Waals surface area contributed by atoms with E-state index in [4.69, 9.17) is 0 Å². The van der Waals surface area contributed by atoms with Gasteiger partial charge in [-0.3, -0.25) is 4.90 Å². The van der Waals surface area contributed by atoms with Crippen molar-refractivity contribution in [1.29, 1.82) is 0 Å². The van der Waals surface area contributed by atoms with Crippen LogP contribution in [0.4, 0.5) is 0 Å². The maximum Gasteiger partial charge on any atom is 0.234 e. The second-order valence-electron chi connectivity index (χ2n) is 4.59. The van der Waals surface area contributed by atoms with Crippen LogP contribution < -0.4 is 0 Å². The molecule has 0 N–H and O–H groups in total. The molecule has 0 amide bonds. The first-order chi connectivity index (χ1) is 6.05. The average molecular weight is 182 g/mol. The third kappa shape index (κ3) is 2.64. The molecule has 1 unspecified atom stereocenters. The Morgan fingerprint density at radius 3 is 2.77 bits per heavy atom. The third-order valence-electron chi connectivity index (χ3n) is 2.61. The van der Waals surface area contributed by atoms with Crippen molar-refractivity contribution in [3.8, 4) is 0 Å². The molecule has 0 aromatic carbocycles. The van der Waals surface area contributed by atoms with Gasteiger partial charge in [0.05, 0.1) is 6.54 Å². The fraction of sp³-hybridized carbons (Fsp3) is 0.900. The molecular weight excluding hydrogens is 164 g/mol. The van der Waals surface area contributed by atoms with E-state index >= 15 is 0 Å². The fourth-order valence-electron chi connectivity index (χ4n) is 2.05. The topological polar surface area (TPSA) is 32.7 Å². The van der Waals surface area contributed by atoms with E-state index in [9.17, 15) is 4.79 Å². The quantitative estimate of drug-likeness (QED) is 0.480. The van der Waals surface area contributed by atoms with Gasteiger partial charge in [0.25, 0.3) is 0 Å². The van der Waals surface area contributed by atoms with Crippen LogP contribution in [0.5, 0.6) is 0 Å². The van der Waals surface area contributed by atoms with Crippen molar-refractivity contribution in [2.24, 2.45) is 4.99 Å². The SMILES string of the molecule is CC(C)(C)N1CCCC1CN=C=O. The maximum atomic E-state index is 10.0. The molecule has 1 atom stereocenters. The van der Waals surface area contributed by atoms with Gasteiger partial charge in [-0.05, 0) is 40.2 Å². The summed E-state index contributed by atoms with van der Waals surface area (Å²) in [7, 11) is 0. The highest BCUT2D eigenvalue weighted by atomic mass is 16.1. The van der Waals surface area contributed by atoms with Gasteiger partial charge in [0.15, 0.2) is 0 Å². The van der Waals surface area contributed by atoms with Crippen LogP contribution in [0.2, 0.25) is 0 Å². The van der Waals surface area contributed by atoms with Gasteiger partial charge in [-0.15, -0.1) is 0 Å². The lowest BCUT2D eigenvalue weighted by atomic mass is 10.0. The smallest absolute Gasteiger partial charge is 0.234 e. The van der Waals surface area contributed by atoms with E-state index in [2.05, 4.69) is 30.7 Å². The van der Waals surface area contributed by atoms with E-state index in [0.717, 1.165) is 13.0 Å². The molecule has 0 bridgehead atoms. The number of carbonyl (C=O) groups excluding carboxylic acids is 1. The molecule has 1 saturated heterocycles. The highest BCUT2D eigenvalue weighted by molar-refractivity contribution is 5.33. The molecule has 0 aromatic rings. The van der Waals surface area contributed by atoms with Crippen molar-refractivity contribution in [2.75, 3.05) is 13.1 Å². The largest absolute Gasteiger partial charge is 0.294 e. The molecule has 74 valence electrons. The molecule has 3 heteroatoms. The summed E-state index contributed by atoms with van der Waals surface area (Å²) in [6, 6.07) is 0.446. The molecule has 1 fully saturated rings. The monoisotopic (exact) mass is 182 g/mol. The molecule has 1 aliphatic rings. The van der Waals surface area contributed by atoms with Crippen molar-refractivity contribution in [3.63, 3.8) is 0 Å². The van der Waals surface area contributed by atoms with Crippen LogP contribution in [-0.4, -0.2) is 35.7 Å². The lowest BCUT2D eigenvalue weighted by molar-refractivity contribution is 0.125. The summed E-state index contributed by atoms with van der Waals surface area (Å²) >= 11 is 0. The maximum absolute atomic E-state index is 10.0. The molecule has 0 spiro atoms. The number of isocyanates is 1. The summed E-state index contributed by atoms with van der Waals surface area (Å²) in [6.07, 6.45) is 3.99. The van der Waals surface area contributed by atoms with E-state index in [1.165, 1.54) is 6.42 Å². The summed E-state index contributed by atoms with van der Waals surface area (Å²) < 4.78 is 0. The fourth-order valence-corrected chi connectivity index (χ4v) is 2.05. The van der Waals surface area contributed by atoms with Gasteiger partial charge in [0.2, 0.25) is 6.08 Å². The molecular formula is C10H18N2O. The predicted molar refractivity (Wildman–Crippen MR) is 52.5 cm³/mol. The number of aliphatic imine (C=N–C) groups is 1. The van der Waals surface area contributed by atoms with Crippen LogP contribution in [-0.2, 0) is 4.79 Å². The van der Waals surface area contributed by atoms with E-state index < -0.39 is 0 Å². The molecule has 0 aromatic heterocycles. The Morgan fingerprint density at radius 2 is 2.23 bits per heavy atom. The molecule has 0 saturated carbocycles. The predicted octanol–water partition coefficient (Wildman–Crippen LogP) is 1.59. The van der Waals surface area contributed by atoms with E-state index in [1.54, 1.807) is 6.08 Å². The van der Waals surface area contributed by atoms with Crippen LogP contribution >= 0.6 is 0 Å². The Bertz CT molecular complexity index is 213. The summed E-state index contributed by atoms with van der Waals surface area (Å²) in [5, 5.41) is 0. The van der Waals surface area contributed by atoms with Gasteiger partial charge in [-0.25, -0.2) is 9.79 Å². The second kappa shape index (κ2) is 4.03. The summed E-state index contributed by atoms with van der Waals surface area (Å²) in [4.78, 5) is 16.1. The number of hydrogen-bond acceptors (Lipinski definition) is 3. The van der Waals surface area contributed by atoms with Gasteiger partial charge < -0.3 is 0 Å². The minimum Gasteiger partial charge on any atom is -0.294 e. The summed E-state index contributed by atoms with van der Waals surface area (Å²) in [5.74, 6) is 0. The van der Waals surface area contributed by atoms with Crippen LogP contribution in [0.1, 0.15) is 33.6 Å². The summed E-state index contributed by atoms with van der Waals surface area (Å²) in [6.45, 7) is 8.35. The molecule has 13 heavy (non-hydrogen) atoms. The average Bonchev–Trinajstić information content (AvgIpc) is 2.47. The highest BCUT2D eigenvalue weighted by Crippen LogP contribution is 2.26. The molecule has 0 radical (unpaired) electrons. The van der Waals surface area contributed by atoms with E-state index in [1.807, 2.05) is 0 Å². The first kappa shape index (κ1) is 10.4. The third-order valence-corrected chi connectivity index (χ3v) is 2.61. The standard InChI is InChI=1S/C10H18N2O/c1-10(2,3)12-6-4-5-9(12)7-11-8-13/h9H,4-7H2,1-3H3. The zero-order valence-corrected chi connectivity index (χ0v) is 8.71. The molecule has 3 nitrogen and oxygen atoms in total. The Balaban J connectivity index is 2.58. The minimum atomic E-state index is 0.194. The highest BCUT2D eigenvalue weighted by Gasteiger charge is 2.32. The zero-order chi connectivity index (χ0) is 9.90. The molecule has 0 aliphatic carbocycles. The molecule has 1 heterocycles. The zero-order valence-electron chi connectivity index (χ0n) is 8.71. The van der Waals surface area contributed by atoms with Gasteiger partial charge in [0.1, 0.15) is 0 Å². The second-order valence-corrected chi connectivity index (χ2v) is 4.59. The number of hydrogen-bond donors (Lipinski definition) is 0. The van der Waals surface area contributed by atoms with Crippen molar-refractivity contribution in [1.82, 2.24) is 4.90 Å². The van der Waals surface area contributed by atoms with Crippen molar-refractivity contribution >= 4 is 6.08 Å². The normalized spacial score (nSPS) is 24.4. The van der Waals surface area contributed by atoms with Crippen LogP contribution in [0.25, 0.3) is 0 Å². The van der Waals surface area contributed by atoms with Gasteiger partial charge in [-0.2, -0.15) is 0 Å². The minimum absolute atomic E-state index is 0.194. The van der Waals surface area contributed by atoms with Gasteiger partial charge in [0, 0.05) is 11.6 Å². The number of likely N-dealkylation sites (tertiary alicyclic amines) is 1. The van der Waals surface area contributed by atoms with Crippen LogP contribution in [0, 0.1) is 0 Å². The van der Waals surface area contributed by atoms with Crippen molar-refractivity contribution < 1.29 is 4.79 Å². The molecule has 1 rings (SSSR count). The van der Waals surface area contributed by atoms with Crippen molar-refractivity contribution in [2.45, 2.75) is 45.2 Å². The molecule has 1 aliphatic heterocycles. The Hall–Kier alpha value is -0.660. The first-order valence-electron chi connectivity index (χ1n) is 4.86. The van der Waals surface area contributed by atoms with E-state index in [-0.39, 0.29) is 5.54 Å². The Labute approximate surface area is 79.8 Å². The van der Waals surface area contributed by atoms with E-state index in [0.29, 0.717) is 12.6 Å². The lowest BCUT2D eigenvalue weighted by Gasteiger charge is -2.36. The summed E-state index contributed by atoms with van der Waals surface area (Å²) in [5.41, 5.74) is 0.194. The lowest BCUT2D eigenvalue weighted by Crippen LogP contribution is -2.45. The number of rotatable bonds is 2. The van der Waals surface area contributed by atoms with Crippen molar-refractivity contribution in [3.05, 3.63) is 0 Å².